The van der Waals surface area contributed by atoms with Gasteiger partial charge in [0.05, 0.1) is 4.71 Å². The van der Waals surface area contributed by atoms with E-state index in [4.69, 9.17) is 23.2 Å². The van der Waals surface area contributed by atoms with Crippen molar-refractivity contribution in [2.75, 3.05) is 11.6 Å². The lowest BCUT2D eigenvalue weighted by Gasteiger charge is -1.98. The summed E-state index contributed by atoms with van der Waals surface area (Å²) in [6, 6.07) is 0. The van der Waals surface area contributed by atoms with Crippen molar-refractivity contribution in [2.45, 2.75) is 11.6 Å². The van der Waals surface area contributed by atoms with E-state index in [1.807, 2.05) is 0 Å². The van der Waals surface area contributed by atoms with E-state index in [2.05, 4.69) is 6.92 Å². The van der Waals surface area contributed by atoms with E-state index in [9.17, 15) is 0 Å². The van der Waals surface area contributed by atoms with Crippen LogP contribution in [0.15, 0.2) is 0 Å². The van der Waals surface area contributed by atoms with E-state index in [0.717, 1.165) is 5.75 Å². The van der Waals surface area contributed by atoms with Crippen molar-refractivity contribution in [1.82, 2.24) is 0 Å². The van der Waals surface area contributed by atoms with Crippen LogP contribution in [-0.4, -0.2) is 16.3 Å². The molecule has 44 valence electrons. The van der Waals surface area contributed by atoms with E-state index >= 15 is 0 Å². The summed E-state index contributed by atoms with van der Waals surface area (Å²) < 4.78 is 0.103. The van der Waals surface area contributed by atoms with E-state index in [0.29, 0.717) is 5.88 Å². The number of hydrogen-bond donors (Lipinski definition) is 0. The summed E-state index contributed by atoms with van der Waals surface area (Å²) >= 11 is 12.6. The number of alkyl halides is 2. The molecule has 0 N–H and O–H groups in total. The highest BCUT2D eigenvalue weighted by molar-refractivity contribution is 8.01. The number of rotatable bonds is 3. The van der Waals surface area contributed by atoms with Crippen LogP contribution in [0.1, 0.15) is 6.92 Å². The molecule has 7 heavy (non-hydrogen) atoms. The average molecular weight is 159 g/mol. The Morgan fingerprint density at radius 2 is 2.29 bits per heavy atom. The summed E-state index contributed by atoms with van der Waals surface area (Å²) in [7, 11) is 0. The van der Waals surface area contributed by atoms with Crippen molar-refractivity contribution >= 4 is 35.0 Å². The molecule has 0 bridgehead atoms. The van der Waals surface area contributed by atoms with Crippen molar-refractivity contribution in [2.24, 2.45) is 0 Å². The molecule has 0 aliphatic heterocycles. The lowest BCUT2D eigenvalue weighted by atomic mass is 10.9. The molecule has 0 aromatic rings. The summed E-state index contributed by atoms with van der Waals surface area (Å²) in [6.45, 7) is 2.06. The molecule has 3 heteroatoms. The van der Waals surface area contributed by atoms with E-state index in [1.165, 1.54) is 0 Å². The minimum Gasteiger partial charge on any atom is -0.141 e. The highest BCUT2D eigenvalue weighted by atomic mass is 35.5. The maximum absolute atomic E-state index is 5.60. The van der Waals surface area contributed by atoms with Crippen LogP contribution in [0.2, 0.25) is 0 Å². The van der Waals surface area contributed by atoms with E-state index < -0.39 is 0 Å². The molecule has 1 unspecified atom stereocenters. The van der Waals surface area contributed by atoms with Gasteiger partial charge in [-0.25, -0.2) is 0 Å². The SMILES string of the molecule is CCSC(Cl)CCl. The average Bonchev–Trinajstić information content (AvgIpc) is 1.68. The predicted molar refractivity (Wildman–Crippen MR) is 38.5 cm³/mol. The van der Waals surface area contributed by atoms with Gasteiger partial charge in [0.25, 0.3) is 0 Å². The Labute approximate surface area is 58.6 Å². The fraction of sp³-hybridized carbons (Fsp3) is 1.00. The molecule has 0 amide bonds. The first-order valence-corrected chi connectivity index (χ1v) is 4.14. The third-order valence-corrected chi connectivity index (χ3v) is 2.51. The molecule has 0 saturated carbocycles. The van der Waals surface area contributed by atoms with Gasteiger partial charge in [0.1, 0.15) is 0 Å². The first-order chi connectivity index (χ1) is 3.31. The van der Waals surface area contributed by atoms with Crippen LogP contribution < -0.4 is 0 Å². The van der Waals surface area contributed by atoms with Crippen molar-refractivity contribution in [1.29, 1.82) is 0 Å². The second-order valence-electron chi connectivity index (χ2n) is 1.02. The van der Waals surface area contributed by atoms with Gasteiger partial charge in [-0.1, -0.05) is 6.92 Å². The maximum Gasteiger partial charge on any atom is 0.0923 e. The number of halogens is 2. The van der Waals surface area contributed by atoms with Gasteiger partial charge in [0, 0.05) is 5.88 Å². The largest absolute Gasteiger partial charge is 0.141 e. The molecule has 0 rings (SSSR count). The molecule has 0 fully saturated rings. The van der Waals surface area contributed by atoms with Gasteiger partial charge in [-0.3, -0.25) is 0 Å². The molecule has 0 heterocycles. The predicted octanol–water partition coefficient (Wildman–Crippen LogP) is 2.54. The Morgan fingerprint density at radius 3 is 2.43 bits per heavy atom. The zero-order valence-corrected chi connectivity index (χ0v) is 6.48. The number of thioether (sulfide) groups is 1. The topological polar surface area (TPSA) is 0 Å². The van der Waals surface area contributed by atoms with Crippen molar-refractivity contribution in [3.8, 4) is 0 Å². The standard InChI is InChI=1S/C4H8Cl2S/c1-2-7-4(6)3-5/h4H,2-3H2,1H3. The second kappa shape index (κ2) is 5.07. The Hall–Kier alpha value is 0.930. The van der Waals surface area contributed by atoms with Crippen LogP contribution in [0.4, 0.5) is 0 Å². The van der Waals surface area contributed by atoms with Gasteiger partial charge >= 0.3 is 0 Å². The Morgan fingerprint density at radius 1 is 1.71 bits per heavy atom. The molecule has 0 aromatic carbocycles. The van der Waals surface area contributed by atoms with Crippen LogP contribution in [0.25, 0.3) is 0 Å². The van der Waals surface area contributed by atoms with Gasteiger partial charge in [-0.2, -0.15) is 0 Å². The Balaban J connectivity index is 2.83. The smallest absolute Gasteiger partial charge is 0.0923 e. The monoisotopic (exact) mass is 158 g/mol. The highest BCUT2D eigenvalue weighted by Gasteiger charge is 1.97. The lowest BCUT2D eigenvalue weighted by molar-refractivity contribution is 1.39. The van der Waals surface area contributed by atoms with E-state index in [1.54, 1.807) is 11.8 Å². The summed E-state index contributed by atoms with van der Waals surface area (Å²) in [4.78, 5) is 0. The Bertz CT molecular complexity index is 40.7. The molecular weight excluding hydrogens is 151 g/mol. The summed E-state index contributed by atoms with van der Waals surface area (Å²) in [6.07, 6.45) is 0. The molecule has 0 nitrogen and oxygen atoms in total. The van der Waals surface area contributed by atoms with Gasteiger partial charge in [0.15, 0.2) is 0 Å². The van der Waals surface area contributed by atoms with Crippen LogP contribution in [0.3, 0.4) is 0 Å². The normalized spacial score (nSPS) is 14.1. The van der Waals surface area contributed by atoms with E-state index in [-0.39, 0.29) is 4.71 Å². The van der Waals surface area contributed by atoms with Crippen LogP contribution in [0, 0.1) is 0 Å². The quantitative estimate of drug-likeness (QED) is 0.570. The third-order valence-electron chi connectivity index (χ3n) is 0.469. The molecule has 0 radical (unpaired) electrons. The number of hydrogen-bond acceptors (Lipinski definition) is 1. The molecular formula is C4H8Cl2S. The summed E-state index contributed by atoms with van der Waals surface area (Å²) in [5.74, 6) is 1.58. The lowest BCUT2D eigenvalue weighted by Crippen LogP contribution is -1.91. The molecule has 0 aromatic heterocycles. The zero-order chi connectivity index (χ0) is 5.70. The molecule has 0 saturated heterocycles. The van der Waals surface area contributed by atoms with Crippen molar-refractivity contribution < 1.29 is 0 Å². The molecule has 1 atom stereocenters. The Kier molecular flexibility index (Phi) is 5.75. The first-order valence-electron chi connectivity index (χ1n) is 2.13. The van der Waals surface area contributed by atoms with Gasteiger partial charge in [0.2, 0.25) is 0 Å². The minimum atomic E-state index is 0.103. The fourth-order valence-electron chi connectivity index (χ4n) is 0.225. The third kappa shape index (κ3) is 4.79. The highest BCUT2D eigenvalue weighted by Crippen LogP contribution is 2.14. The summed E-state index contributed by atoms with van der Waals surface area (Å²) in [5, 5.41) is 0. The van der Waals surface area contributed by atoms with Crippen LogP contribution >= 0.6 is 35.0 Å². The minimum absolute atomic E-state index is 0.103. The zero-order valence-electron chi connectivity index (χ0n) is 4.16. The molecule has 0 aliphatic carbocycles. The first kappa shape index (κ1) is 7.93. The fourth-order valence-corrected chi connectivity index (χ4v) is 1.32. The maximum atomic E-state index is 5.60. The van der Waals surface area contributed by atoms with Gasteiger partial charge < -0.3 is 0 Å². The van der Waals surface area contributed by atoms with Gasteiger partial charge in [-0.05, 0) is 5.75 Å². The van der Waals surface area contributed by atoms with Crippen molar-refractivity contribution in [3.63, 3.8) is 0 Å². The summed E-state index contributed by atoms with van der Waals surface area (Å²) in [5.41, 5.74) is 0. The van der Waals surface area contributed by atoms with Gasteiger partial charge in [-0.15, -0.1) is 35.0 Å². The van der Waals surface area contributed by atoms with Crippen LogP contribution in [0.5, 0.6) is 0 Å². The van der Waals surface area contributed by atoms with Crippen molar-refractivity contribution in [3.05, 3.63) is 0 Å². The molecule has 0 spiro atoms. The molecule has 0 aliphatic rings. The second-order valence-corrected chi connectivity index (χ2v) is 3.59. The van der Waals surface area contributed by atoms with Crippen LogP contribution in [-0.2, 0) is 0 Å².